The third-order valence-electron chi connectivity index (χ3n) is 3.56. The lowest BCUT2D eigenvalue weighted by Crippen LogP contribution is -2.17. The normalized spacial score (nSPS) is 11.0. The Labute approximate surface area is 129 Å². The SMILES string of the molecule is CCN(c1cccc(C)c1)c1cc2nc(C)sc2cc1N. The lowest BCUT2D eigenvalue weighted by atomic mass is 10.1. The second-order valence-corrected chi connectivity index (χ2v) is 6.43. The molecule has 2 aromatic carbocycles. The van der Waals surface area contributed by atoms with Gasteiger partial charge in [0.2, 0.25) is 0 Å². The molecule has 0 radical (unpaired) electrons. The number of rotatable bonds is 3. The summed E-state index contributed by atoms with van der Waals surface area (Å²) in [4.78, 5) is 6.81. The number of nitrogen functional groups attached to an aromatic ring is 1. The molecule has 2 N–H and O–H groups in total. The van der Waals surface area contributed by atoms with Crippen LogP contribution in [0, 0.1) is 13.8 Å². The molecule has 0 atom stereocenters. The maximum absolute atomic E-state index is 6.28. The van der Waals surface area contributed by atoms with Crippen molar-refractivity contribution in [1.29, 1.82) is 0 Å². The molecule has 0 saturated carbocycles. The first kappa shape index (κ1) is 13.9. The minimum Gasteiger partial charge on any atom is -0.397 e. The Morgan fingerprint density at radius 2 is 2.00 bits per heavy atom. The average Bonchev–Trinajstić information content (AvgIpc) is 2.79. The monoisotopic (exact) mass is 297 g/mol. The van der Waals surface area contributed by atoms with Gasteiger partial charge < -0.3 is 10.6 Å². The van der Waals surface area contributed by atoms with Crippen molar-refractivity contribution >= 4 is 38.6 Å². The van der Waals surface area contributed by atoms with Crippen molar-refractivity contribution in [2.45, 2.75) is 20.8 Å². The van der Waals surface area contributed by atoms with Crippen molar-refractivity contribution in [3.8, 4) is 0 Å². The van der Waals surface area contributed by atoms with Crippen LogP contribution in [-0.4, -0.2) is 11.5 Å². The quantitative estimate of drug-likeness (QED) is 0.715. The van der Waals surface area contributed by atoms with E-state index in [1.807, 2.05) is 13.0 Å². The predicted octanol–water partition coefficient (Wildman–Crippen LogP) is 4.65. The van der Waals surface area contributed by atoms with Crippen molar-refractivity contribution in [2.75, 3.05) is 17.2 Å². The zero-order valence-corrected chi connectivity index (χ0v) is 13.4. The van der Waals surface area contributed by atoms with Crippen LogP contribution in [0.2, 0.25) is 0 Å². The second kappa shape index (κ2) is 5.37. The molecule has 4 heteroatoms. The second-order valence-electron chi connectivity index (χ2n) is 5.19. The topological polar surface area (TPSA) is 42.2 Å². The standard InChI is InChI=1S/C17H19N3S/c1-4-20(13-7-5-6-11(2)8-13)16-10-15-17(9-14(16)18)21-12(3)19-15/h5-10H,4,18H2,1-3H3. The first-order chi connectivity index (χ1) is 10.1. The first-order valence-corrected chi connectivity index (χ1v) is 7.91. The number of hydrogen-bond acceptors (Lipinski definition) is 4. The van der Waals surface area contributed by atoms with Gasteiger partial charge in [-0.2, -0.15) is 0 Å². The summed E-state index contributed by atoms with van der Waals surface area (Å²) in [6, 6.07) is 12.6. The molecule has 1 heterocycles. The molecule has 3 nitrogen and oxygen atoms in total. The highest BCUT2D eigenvalue weighted by Gasteiger charge is 2.13. The molecule has 0 aliphatic rings. The molecule has 0 amide bonds. The summed E-state index contributed by atoms with van der Waals surface area (Å²) < 4.78 is 1.15. The smallest absolute Gasteiger partial charge is 0.0907 e. The zero-order valence-electron chi connectivity index (χ0n) is 12.6. The lowest BCUT2D eigenvalue weighted by molar-refractivity contribution is 1.02. The summed E-state index contributed by atoms with van der Waals surface area (Å²) in [6.07, 6.45) is 0. The molecule has 21 heavy (non-hydrogen) atoms. The van der Waals surface area contributed by atoms with Crippen LogP contribution >= 0.6 is 11.3 Å². The van der Waals surface area contributed by atoms with Gasteiger partial charge in [0.1, 0.15) is 0 Å². The fourth-order valence-electron chi connectivity index (χ4n) is 2.62. The molecule has 0 fully saturated rings. The number of anilines is 3. The Kier molecular flexibility index (Phi) is 3.55. The molecule has 0 aliphatic carbocycles. The van der Waals surface area contributed by atoms with E-state index in [0.717, 1.165) is 38.8 Å². The van der Waals surface area contributed by atoms with Gasteiger partial charge in [0, 0.05) is 12.2 Å². The summed E-state index contributed by atoms with van der Waals surface area (Å²) in [5, 5.41) is 1.07. The van der Waals surface area contributed by atoms with E-state index in [1.165, 1.54) is 5.56 Å². The van der Waals surface area contributed by atoms with Crippen LogP contribution < -0.4 is 10.6 Å². The molecule has 108 valence electrons. The number of nitrogens with zero attached hydrogens (tertiary/aromatic N) is 2. The Hall–Kier alpha value is -2.07. The molecular formula is C17H19N3S. The van der Waals surface area contributed by atoms with Crippen molar-refractivity contribution < 1.29 is 0 Å². The number of aromatic nitrogens is 1. The van der Waals surface area contributed by atoms with Crippen molar-refractivity contribution in [1.82, 2.24) is 4.98 Å². The fourth-order valence-corrected chi connectivity index (χ4v) is 3.47. The average molecular weight is 297 g/mol. The highest BCUT2D eigenvalue weighted by molar-refractivity contribution is 7.18. The van der Waals surface area contributed by atoms with Crippen LogP contribution in [0.5, 0.6) is 0 Å². The summed E-state index contributed by atoms with van der Waals surface area (Å²) in [5.41, 5.74) is 11.5. The van der Waals surface area contributed by atoms with Gasteiger partial charge >= 0.3 is 0 Å². The van der Waals surface area contributed by atoms with Gasteiger partial charge in [-0.25, -0.2) is 4.98 Å². The minimum atomic E-state index is 0.800. The molecule has 0 bridgehead atoms. The Bertz CT molecular complexity index is 792. The number of thiazole rings is 1. The van der Waals surface area contributed by atoms with Gasteiger partial charge in [0.25, 0.3) is 0 Å². The van der Waals surface area contributed by atoms with Crippen LogP contribution in [0.3, 0.4) is 0 Å². The van der Waals surface area contributed by atoms with E-state index in [2.05, 4.69) is 54.1 Å². The van der Waals surface area contributed by atoms with Crippen LogP contribution in [0.1, 0.15) is 17.5 Å². The predicted molar refractivity (Wildman–Crippen MR) is 92.6 cm³/mol. The van der Waals surface area contributed by atoms with Gasteiger partial charge in [-0.3, -0.25) is 0 Å². The van der Waals surface area contributed by atoms with Crippen molar-refractivity contribution in [2.24, 2.45) is 0 Å². The molecule has 0 aliphatic heterocycles. The van der Waals surface area contributed by atoms with Crippen LogP contribution in [0.25, 0.3) is 10.2 Å². The number of aryl methyl sites for hydroxylation is 2. The summed E-state index contributed by atoms with van der Waals surface area (Å²) >= 11 is 1.68. The van der Waals surface area contributed by atoms with Gasteiger partial charge in [-0.05, 0) is 50.6 Å². The van der Waals surface area contributed by atoms with E-state index < -0.39 is 0 Å². The first-order valence-electron chi connectivity index (χ1n) is 7.09. The van der Waals surface area contributed by atoms with Gasteiger partial charge in [-0.15, -0.1) is 11.3 Å². The molecule has 0 saturated heterocycles. The van der Waals surface area contributed by atoms with Gasteiger partial charge in [0.15, 0.2) is 0 Å². The van der Waals surface area contributed by atoms with E-state index in [4.69, 9.17) is 5.73 Å². The minimum absolute atomic E-state index is 0.800. The Morgan fingerprint density at radius 3 is 2.71 bits per heavy atom. The Balaban J connectivity index is 2.14. The number of nitrogens with two attached hydrogens (primary N) is 1. The lowest BCUT2D eigenvalue weighted by Gasteiger charge is -2.25. The summed E-state index contributed by atoms with van der Waals surface area (Å²) in [5.74, 6) is 0. The Morgan fingerprint density at radius 1 is 1.19 bits per heavy atom. The van der Waals surface area contributed by atoms with Crippen LogP contribution in [-0.2, 0) is 0 Å². The fraction of sp³-hybridized carbons (Fsp3) is 0.235. The van der Waals surface area contributed by atoms with Crippen molar-refractivity contribution in [3.05, 3.63) is 47.0 Å². The largest absolute Gasteiger partial charge is 0.397 e. The third kappa shape index (κ3) is 2.59. The summed E-state index contributed by atoms with van der Waals surface area (Å²) in [6.45, 7) is 7.13. The summed E-state index contributed by atoms with van der Waals surface area (Å²) in [7, 11) is 0. The molecule has 0 spiro atoms. The van der Waals surface area contributed by atoms with Crippen LogP contribution in [0.15, 0.2) is 36.4 Å². The molecule has 3 rings (SSSR count). The maximum atomic E-state index is 6.28. The maximum Gasteiger partial charge on any atom is 0.0907 e. The van der Waals surface area contributed by atoms with Gasteiger partial charge in [-0.1, -0.05) is 12.1 Å². The molecule has 3 aromatic rings. The van der Waals surface area contributed by atoms with E-state index in [9.17, 15) is 0 Å². The number of benzene rings is 2. The number of fused-ring (bicyclic) bond motifs is 1. The highest BCUT2D eigenvalue weighted by Crippen LogP contribution is 2.35. The van der Waals surface area contributed by atoms with E-state index >= 15 is 0 Å². The molecular weight excluding hydrogens is 278 g/mol. The number of hydrogen-bond donors (Lipinski definition) is 1. The van der Waals surface area contributed by atoms with E-state index in [-0.39, 0.29) is 0 Å². The van der Waals surface area contributed by atoms with Gasteiger partial charge in [0.05, 0.1) is 26.6 Å². The van der Waals surface area contributed by atoms with Crippen LogP contribution in [0.4, 0.5) is 17.1 Å². The molecule has 1 aromatic heterocycles. The zero-order chi connectivity index (χ0) is 15.0. The van der Waals surface area contributed by atoms with Crippen molar-refractivity contribution in [3.63, 3.8) is 0 Å². The van der Waals surface area contributed by atoms with E-state index in [0.29, 0.717) is 0 Å². The third-order valence-corrected chi connectivity index (χ3v) is 4.50. The highest BCUT2D eigenvalue weighted by atomic mass is 32.1. The molecule has 0 unspecified atom stereocenters. The van der Waals surface area contributed by atoms with E-state index in [1.54, 1.807) is 11.3 Å².